The van der Waals surface area contributed by atoms with Crippen LogP contribution in [0.1, 0.15) is 45.2 Å². The van der Waals surface area contributed by atoms with Crippen LogP contribution in [0.3, 0.4) is 0 Å². The van der Waals surface area contributed by atoms with E-state index >= 15 is 0 Å². The number of hydrogen-bond acceptors (Lipinski definition) is 2. The molecule has 0 unspecified atom stereocenters. The van der Waals surface area contributed by atoms with Crippen molar-refractivity contribution in [2.75, 3.05) is 13.1 Å². The van der Waals surface area contributed by atoms with Gasteiger partial charge in [-0.1, -0.05) is 31.6 Å². The van der Waals surface area contributed by atoms with Crippen LogP contribution < -0.4 is 0 Å². The Bertz CT molecular complexity index is 573. The molecule has 0 amide bonds. The summed E-state index contributed by atoms with van der Waals surface area (Å²) in [6.07, 6.45) is 4.64. The van der Waals surface area contributed by atoms with Gasteiger partial charge >= 0.3 is 0 Å². The topological polar surface area (TPSA) is 23.5 Å². The molecule has 0 saturated carbocycles. The van der Waals surface area contributed by atoms with Gasteiger partial charge in [0.15, 0.2) is 0 Å². The highest BCUT2D eigenvalue weighted by atomic mass is 16.3. The summed E-state index contributed by atoms with van der Waals surface area (Å²) < 4.78 is 0. The standard InChI is InChI=1S/C19H27NO/c1-13(2)7-9-20-10-8-19(4)14(3)18(20)11-15-5-6-16(21)12-17(15)19/h5-7,12,14,18,21H,8-11H2,1-4H3/t14-,18-,19+/m1/s1. The normalized spacial score (nSPS) is 31.6. The van der Waals surface area contributed by atoms with Crippen LogP contribution >= 0.6 is 0 Å². The summed E-state index contributed by atoms with van der Waals surface area (Å²) in [5.74, 6) is 1.04. The molecule has 114 valence electrons. The minimum Gasteiger partial charge on any atom is -0.508 e. The van der Waals surface area contributed by atoms with Crippen LogP contribution in [0, 0.1) is 5.92 Å². The largest absolute Gasteiger partial charge is 0.508 e. The molecule has 1 aromatic rings. The molecule has 2 aliphatic rings. The van der Waals surface area contributed by atoms with E-state index in [9.17, 15) is 5.11 Å². The van der Waals surface area contributed by atoms with Crippen LogP contribution in [0.25, 0.3) is 0 Å². The van der Waals surface area contributed by atoms with Gasteiger partial charge in [-0.05, 0) is 67.8 Å². The van der Waals surface area contributed by atoms with Crippen LogP contribution in [-0.4, -0.2) is 29.1 Å². The Balaban J connectivity index is 1.96. The Morgan fingerprint density at radius 3 is 2.90 bits per heavy atom. The molecule has 2 heteroatoms. The smallest absolute Gasteiger partial charge is 0.115 e. The summed E-state index contributed by atoms with van der Waals surface area (Å²) >= 11 is 0. The maximum absolute atomic E-state index is 9.87. The zero-order chi connectivity index (χ0) is 15.2. The first kappa shape index (κ1) is 14.6. The number of phenolic OH excluding ortho intramolecular Hbond substituents is 1. The van der Waals surface area contributed by atoms with Gasteiger partial charge in [0.25, 0.3) is 0 Å². The summed E-state index contributed by atoms with van der Waals surface area (Å²) in [6.45, 7) is 11.4. The fraction of sp³-hybridized carbons (Fsp3) is 0.579. The fourth-order valence-corrected chi connectivity index (χ4v) is 4.22. The van der Waals surface area contributed by atoms with Gasteiger partial charge in [-0.25, -0.2) is 0 Å². The van der Waals surface area contributed by atoms with Crippen molar-refractivity contribution in [3.05, 3.63) is 41.0 Å². The van der Waals surface area contributed by atoms with Crippen LogP contribution in [0.5, 0.6) is 5.75 Å². The van der Waals surface area contributed by atoms with Crippen molar-refractivity contribution >= 4 is 0 Å². The Kier molecular flexibility index (Phi) is 3.61. The quantitative estimate of drug-likeness (QED) is 0.834. The number of hydrogen-bond donors (Lipinski definition) is 1. The maximum atomic E-state index is 9.87. The lowest BCUT2D eigenvalue weighted by atomic mass is 9.59. The monoisotopic (exact) mass is 285 g/mol. The molecule has 0 aromatic heterocycles. The Morgan fingerprint density at radius 2 is 2.19 bits per heavy atom. The second-order valence-electron chi connectivity index (χ2n) is 7.35. The van der Waals surface area contributed by atoms with Crippen LogP contribution in [-0.2, 0) is 11.8 Å². The van der Waals surface area contributed by atoms with Crippen molar-refractivity contribution < 1.29 is 5.11 Å². The van der Waals surface area contributed by atoms with Crippen molar-refractivity contribution in [1.82, 2.24) is 4.90 Å². The Morgan fingerprint density at radius 1 is 1.43 bits per heavy atom. The molecule has 1 aliphatic carbocycles. The first-order chi connectivity index (χ1) is 9.91. The van der Waals surface area contributed by atoms with Gasteiger partial charge in [0.05, 0.1) is 0 Å². The number of benzene rings is 1. The summed E-state index contributed by atoms with van der Waals surface area (Å²) in [7, 11) is 0. The van der Waals surface area contributed by atoms with E-state index in [4.69, 9.17) is 0 Å². The third-order valence-electron chi connectivity index (χ3n) is 5.84. The van der Waals surface area contributed by atoms with Gasteiger partial charge in [0, 0.05) is 12.6 Å². The predicted octanol–water partition coefficient (Wildman–Crippen LogP) is 3.88. The molecule has 2 bridgehead atoms. The lowest BCUT2D eigenvalue weighted by molar-refractivity contribution is 0.0397. The SMILES string of the molecule is CC(C)=CCN1CC[C@]2(C)c3cc(O)ccc3C[C@@H]1[C@H]2C. The van der Waals surface area contributed by atoms with Gasteiger partial charge in [-0.2, -0.15) is 0 Å². The van der Waals surface area contributed by atoms with Crippen molar-refractivity contribution in [2.24, 2.45) is 5.92 Å². The van der Waals surface area contributed by atoms with E-state index in [1.165, 1.54) is 23.1 Å². The molecule has 1 fully saturated rings. The van der Waals surface area contributed by atoms with Gasteiger partial charge < -0.3 is 5.11 Å². The number of aromatic hydroxyl groups is 1. The lowest BCUT2D eigenvalue weighted by Gasteiger charge is -2.54. The zero-order valence-electron chi connectivity index (χ0n) is 13.7. The molecule has 1 saturated heterocycles. The number of rotatable bonds is 2. The molecule has 3 rings (SSSR count). The molecule has 3 atom stereocenters. The highest BCUT2D eigenvalue weighted by Crippen LogP contribution is 2.49. The van der Waals surface area contributed by atoms with Gasteiger partial charge in [-0.3, -0.25) is 4.90 Å². The highest BCUT2D eigenvalue weighted by Gasteiger charge is 2.48. The first-order valence-corrected chi connectivity index (χ1v) is 8.11. The van der Waals surface area contributed by atoms with E-state index in [1.54, 1.807) is 0 Å². The van der Waals surface area contributed by atoms with Crippen molar-refractivity contribution in [1.29, 1.82) is 0 Å². The number of allylic oxidation sites excluding steroid dienone is 1. The molecule has 1 N–H and O–H groups in total. The fourth-order valence-electron chi connectivity index (χ4n) is 4.22. The molecule has 1 aromatic carbocycles. The van der Waals surface area contributed by atoms with E-state index in [1.807, 2.05) is 12.1 Å². The van der Waals surface area contributed by atoms with E-state index in [0.29, 0.717) is 17.7 Å². The van der Waals surface area contributed by atoms with Crippen molar-refractivity contribution in [3.63, 3.8) is 0 Å². The minimum absolute atomic E-state index is 0.207. The second-order valence-corrected chi connectivity index (χ2v) is 7.35. The molecule has 1 aliphatic heterocycles. The van der Waals surface area contributed by atoms with Crippen LogP contribution in [0.2, 0.25) is 0 Å². The molecular formula is C19H27NO. The van der Waals surface area contributed by atoms with Gasteiger partial charge in [-0.15, -0.1) is 0 Å². The number of nitrogens with zero attached hydrogens (tertiary/aromatic N) is 1. The Hall–Kier alpha value is -1.28. The number of likely N-dealkylation sites (tertiary alicyclic amines) is 1. The van der Waals surface area contributed by atoms with E-state index in [0.717, 1.165) is 19.5 Å². The van der Waals surface area contributed by atoms with Gasteiger partial charge in [0.2, 0.25) is 0 Å². The average molecular weight is 285 g/mol. The van der Waals surface area contributed by atoms with E-state index in [2.05, 4.69) is 44.7 Å². The van der Waals surface area contributed by atoms with Crippen LogP contribution in [0.4, 0.5) is 0 Å². The lowest BCUT2D eigenvalue weighted by Crippen LogP contribution is -2.57. The summed E-state index contributed by atoms with van der Waals surface area (Å²) in [5.41, 5.74) is 4.42. The third-order valence-corrected chi connectivity index (χ3v) is 5.84. The summed E-state index contributed by atoms with van der Waals surface area (Å²) in [5, 5.41) is 9.87. The minimum atomic E-state index is 0.207. The van der Waals surface area contributed by atoms with Crippen LogP contribution in [0.15, 0.2) is 29.8 Å². The number of fused-ring (bicyclic) bond motifs is 4. The predicted molar refractivity (Wildman–Crippen MR) is 87.7 cm³/mol. The third kappa shape index (κ3) is 2.40. The second kappa shape index (κ2) is 5.17. The van der Waals surface area contributed by atoms with Crippen molar-refractivity contribution in [2.45, 2.75) is 52.0 Å². The van der Waals surface area contributed by atoms with Gasteiger partial charge in [0.1, 0.15) is 5.75 Å². The summed E-state index contributed by atoms with van der Waals surface area (Å²) in [4.78, 5) is 2.65. The first-order valence-electron chi connectivity index (χ1n) is 8.11. The molecule has 1 heterocycles. The number of phenols is 1. The van der Waals surface area contributed by atoms with Crippen molar-refractivity contribution in [3.8, 4) is 5.75 Å². The molecule has 21 heavy (non-hydrogen) atoms. The molecular weight excluding hydrogens is 258 g/mol. The molecule has 2 nitrogen and oxygen atoms in total. The summed E-state index contributed by atoms with van der Waals surface area (Å²) in [6, 6.07) is 6.60. The highest BCUT2D eigenvalue weighted by molar-refractivity contribution is 5.44. The molecule has 0 spiro atoms. The Labute approximate surface area is 128 Å². The zero-order valence-corrected chi connectivity index (χ0v) is 13.7. The average Bonchev–Trinajstić information content (AvgIpc) is 2.43. The number of piperidine rings is 1. The molecule has 0 radical (unpaired) electrons. The van der Waals surface area contributed by atoms with E-state index < -0.39 is 0 Å². The van der Waals surface area contributed by atoms with E-state index in [-0.39, 0.29) is 5.41 Å². The maximum Gasteiger partial charge on any atom is 0.115 e.